The number of hydrogen-bond acceptors (Lipinski definition) is 0. The molecule has 0 aliphatic heterocycles. The second-order valence-corrected chi connectivity index (χ2v) is 3.44. The molecule has 0 aliphatic carbocycles. The minimum atomic E-state index is 0.438. The van der Waals surface area contributed by atoms with Gasteiger partial charge in [0.2, 0.25) is 0 Å². The third kappa shape index (κ3) is 7.62. The molecule has 0 heterocycles. The van der Waals surface area contributed by atoms with Crippen molar-refractivity contribution in [2.24, 2.45) is 5.92 Å². The van der Waals surface area contributed by atoms with Crippen molar-refractivity contribution < 1.29 is 0 Å². The zero-order valence-electron chi connectivity index (χ0n) is 8.05. The van der Waals surface area contributed by atoms with E-state index >= 15 is 0 Å². The fraction of sp³-hybridized carbons (Fsp3) is 0.455. The highest BCUT2D eigenvalue weighted by Gasteiger charge is 1.89. The molecule has 12 heavy (non-hydrogen) atoms. The van der Waals surface area contributed by atoms with Gasteiger partial charge in [-0.1, -0.05) is 48.9 Å². The van der Waals surface area contributed by atoms with Crippen LogP contribution in [0.3, 0.4) is 0 Å². The summed E-state index contributed by atoms with van der Waals surface area (Å²) in [5, 5.41) is 0.859. The summed E-state index contributed by atoms with van der Waals surface area (Å²) in [6.07, 6.45) is 11.5. The lowest BCUT2D eigenvalue weighted by molar-refractivity contribution is 0.928. The maximum absolute atomic E-state index is 5.73. The van der Waals surface area contributed by atoms with Gasteiger partial charge in [-0.2, -0.15) is 0 Å². The molecule has 0 spiro atoms. The Balaban J connectivity index is 3.75. The molecule has 0 radical (unpaired) electrons. The first-order valence-electron chi connectivity index (χ1n) is 4.28. The highest BCUT2D eigenvalue weighted by molar-refractivity contribution is 6.29. The molecule has 0 aromatic rings. The van der Waals surface area contributed by atoms with Crippen molar-refractivity contribution in [2.45, 2.75) is 27.2 Å². The monoisotopic (exact) mass is 184 g/mol. The van der Waals surface area contributed by atoms with Crippen molar-refractivity contribution in [2.75, 3.05) is 0 Å². The van der Waals surface area contributed by atoms with E-state index in [0.29, 0.717) is 5.92 Å². The van der Waals surface area contributed by atoms with Gasteiger partial charge in [0.1, 0.15) is 0 Å². The molecule has 0 saturated carbocycles. The van der Waals surface area contributed by atoms with Gasteiger partial charge in [-0.3, -0.25) is 0 Å². The number of rotatable bonds is 4. The molecule has 68 valence electrons. The average molecular weight is 185 g/mol. The topological polar surface area (TPSA) is 0 Å². The Labute approximate surface area is 80.6 Å². The first-order valence-corrected chi connectivity index (χ1v) is 4.66. The average Bonchev–Trinajstić information content (AvgIpc) is 1.97. The third-order valence-electron chi connectivity index (χ3n) is 1.44. The molecule has 1 unspecified atom stereocenters. The van der Waals surface area contributed by atoms with Crippen LogP contribution >= 0.6 is 11.6 Å². The molecule has 0 aromatic carbocycles. The van der Waals surface area contributed by atoms with Crippen molar-refractivity contribution in [3.8, 4) is 0 Å². The van der Waals surface area contributed by atoms with E-state index in [2.05, 4.69) is 31.2 Å². The second-order valence-electron chi connectivity index (χ2n) is 2.85. The maximum Gasteiger partial charge on any atom is 0.0116 e. The zero-order chi connectivity index (χ0) is 9.40. The number of hydrogen-bond donors (Lipinski definition) is 0. The molecule has 1 heteroatoms. The van der Waals surface area contributed by atoms with Crippen LogP contribution in [0.5, 0.6) is 0 Å². The summed E-state index contributed by atoms with van der Waals surface area (Å²) in [6, 6.07) is 0. The maximum atomic E-state index is 5.73. The van der Waals surface area contributed by atoms with E-state index in [-0.39, 0.29) is 0 Å². The van der Waals surface area contributed by atoms with Crippen LogP contribution in [-0.2, 0) is 0 Å². The van der Waals surface area contributed by atoms with Crippen LogP contribution < -0.4 is 0 Å². The number of halogens is 1. The van der Waals surface area contributed by atoms with Gasteiger partial charge in [0.05, 0.1) is 0 Å². The SMILES string of the molecule is C/C=C\C/C=C\C(C)/C=C(/C)Cl. The standard InChI is InChI=1S/C11H17Cl/c1-4-5-6-7-8-10(2)9-11(3)12/h4-5,7-10H,6H2,1-3H3/b5-4-,8-7-,11-9-. The van der Waals surface area contributed by atoms with Crippen molar-refractivity contribution in [3.63, 3.8) is 0 Å². The molecule has 0 amide bonds. The Hall–Kier alpha value is -0.490. The van der Waals surface area contributed by atoms with E-state index < -0.39 is 0 Å². The Morgan fingerprint density at radius 3 is 2.58 bits per heavy atom. The Morgan fingerprint density at radius 1 is 1.42 bits per heavy atom. The van der Waals surface area contributed by atoms with Crippen molar-refractivity contribution >= 4 is 11.6 Å². The second kappa shape index (κ2) is 7.17. The first-order chi connectivity index (χ1) is 5.66. The third-order valence-corrected chi connectivity index (χ3v) is 1.57. The minimum Gasteiger partial charge on any atom is -0.0914 e. The molecular formula is C11H17Cl. The van der Waals surface area contributed by atoms with Gasteiger partial charge < -0.3 is 0 Å². The van der Waals surface area contributed by atoms with Crippen LogP contribution in [0.25, 0.3) is 0 Å². The van der Waals surface area contributed by atoms with E-state index in [0.717, 1.165) is 11.5 Å². The van der Waals surface area contributed by atoms with Crippen LogP contribution in [0.15, 0.2) is 35.4 Å². The van der Waals surface area contributed by atoms with E-state index in [1.54, 1.807) is 0 Å². The summed E-state index contributed by atoms with van der Waals surface area (Å²) < 4.78 is 0. The highest BCUT2D eigenvalue weighted by atomic mass is 35.5. The molecule has 0 N–H and O–H groups in total. The quantitative estimate of drug-likeness (QED) is 0.572. The van der Waals surface area contributed by atoms with Gasteiger partial charge >= 0.3 is 0 Å². The molecule has 0 nitrogen and oxygen atoms in total. The molecule has 0 aliphatic rings. The number of allylic oxidation sites excluding steroid dienone is 6. The predicted octanol–water partition coefficient (Wildman–Crippen LogP) is 4.29. The van der Waals surface area contributed by atoms with Gasteiger partial charge in [0.25, 0.3) is 0 Å². The van der Waals surface area contributed by atoms with Crippen molar-refractivity contribution in [3.05, 3.63) is 35.4 Å². The Morgan fingerprint density at radius 2 is 2.08 bits per heavy atom. The van der Waals surface area contributed by atoms with Gasteiger partial charge in [-0.25, -0.2) is 0 Å². The minimum absolute atomic E-state index is 0.438. The van der Waals surface area contributed by atoms with Crippen LogP contribution in [0.2, 0.25) is 0 Å². The van der Waals surface area contributed by atoms with Gasteiger partial charge in [-0.05, 0) is 26.2 Å². The van der Waals surface area contributed by atoms with E-state index in [1.165, 1.54) is 0 Å². The molecule has 0 saturated heterocycles. The molecule has 0 fully saturated rings. The largest absolute Gasteiger partial charge is 0.0914 e. The Bertz CT molecular complexity index is 183. The highest BCUT2D eigenvalue weighted by Crippen LogP contribution is 2.07. The fourth-order valence-electron chi connectivity index (χ4n) is 0.926. The molecule has 0 aromatic heterocycles. The lowest BCUT2D eigenvalue weighted by atomic mass is 10.1. The summed E-state index contributed by atoms with van der Waals surface area (Å²) in [7, 11) is 0. The van der Waals surface area contributed by atoms with Crippen LogP contribution in [0.4, 0.5) is 0 Å². The summed E-state index contributed by atoms with van der Waals surface area (Å²) in [5.74, 6) is 0.438. The van der Waals surface area contributed by atoms with Crippen molar-refractivity contribution in [1.82, 2.24) is 0 Å². The summed E-state index contributed by atoms with van der Waals surface area (Å²) >= 11 is 5.73. The smallest absolute Gasteiger partial charge is 0.0116 e. The summed E-state index contributed by atoms with van der Waals surface area (Å²) in [4.78, 5) is 0. The lowest BCUT2D eigenvalue weighted by Crippen LogP contribution is -1.81. The van der Waals surface area contributed by atoms with Gasteiger partial charge in [-0.15, -0.1) is 0 Å². The van der Waals surface area contributed by atoms with Crippen molar-refractivity contribution in [1.29, 1.82) is 0 Å². The summed E-state index contributed by atoms with van der Waals surface area (Å²) in [6.45, 7) is 6.05. The van der Waals surface area contributed by atoms with E-state index in [9.17, 15) is 0 Å². The summed E-state index contributed by atoms with van der Waals surface area (Å²) in [5.41, 5.74) is 0. The lowest BCUT2D eigenvalue weighted by Gasteiger charge is -1.96. The fourth-order valence-corrected chi connectivity index (χ4v) is 1.12. The van der Waals surface area contributed by atoms with Crippen LogP contribution in [0.1, 0.15) is 27.2 Å². The zero-order valence-corrected chi connectivity index (χ0v) is 8.81. The van der Waals surface area contributed by atoms with E-state index in [4.69, 9.17) is 11.6 Å². The normalized spacial score (nSPS) is 16.2. The molecular weight excluding hydrogens is 168 g/mol. The van der Waals surface area contributed by atoms with Crippen LogP contribution in [-0.4, -0.2) is 0 Å². The van der Waals surface area contributed by atoms with Gasteiger partial charge in [0, 0.05) is 5.03 Å². The molecule has 0 rings (SSSR count). The van der Waals surface area contributed by atoms with Crippen LogP contribution in [0, 0.1) is 5.92 Å². The van der Waals surface area contributed by atoms with E-state index in [1.807, 2.05) is 19.9 Å². The first kappa shape index (κ1) is 11.5. The molecule has 1 atom stereocenters. The Kier molecular flexibility index (Phi) is 6.88. The van der Waals surface area contributed by atoms with Gasteiger partial charge in [0.15, 0.2) is 0 Å². The predicted molar refractivity (Wildman–Crippen MR) is 57.3 cm³/mol. The molecule has 0 bridgehead atoms.